The number of aryl methyl sites for hydroxylation is 1. The number of β-amino-alcohol motifs (C(OH)–C–C–N with tert-alkyl or cyclic N) is 1. The van der Waals surface area contributed by atoms with E-state index in [4.69, 9.17) is 10.8 Å². The summed E-state index contributed by atoms with van der Waals surface area (Å²) in [5.74, 6) is 0.806. The number of nitrogen functional groups attached to an aromatic ring is 1. The third-order valence-corrected chi connectivity index (χ3v) is 4.60. The third-order valence-electron chi connectivity index (χ3n) is 4.60. The largest absolute Gasteiger partial charge is 0.395 e. The van der Waals surface area contributed by atoms with Gasteiger partial charge in [0.05, 0.1) is 12.2 Å². The molecule has 0 spiro atoms. The number of carbonyl (C=O) groups excluding carboxylic acids is 1. The number of hydrogen-bond donors (Lipinski definition) is 2. The number of nitrogens with zero attached hydrogens (tertiary/aromatic N) is 4. The van der Waals surface area contributed by atoms with E-state index in [9.17, 15) is 4.79 Å². The molecular weight excluding hydrogens is 330 g/mol. The molecule has 3 heterocycles. The molecular formula is C19H25N5O2. The summed E-state index contributed by atoms with van der Waals surface area (Å²) in [6, 6.07) is 7.24. The maximum absolute atomic E-state index is 12.8. The van der Waals surface area contributed by atoms with Gasteiger partial charge < -0.3 is 15.7 Å². The molecule has 1 fully saturated rings. The standard InChI is InChI=1S/C19H25N5O2/c1-14-12-15(19(20)21-13-14)18(26)16-4-2-5-17(22-16)24-7-3-6-23(8-9-24)10-11-25/h2,4-5,12-13,25H,3,6-11H2,1H3,(H2,20,21). The van der Waals surface area contributed by atoms with E-state index in [0.29, 0.717) is 17.8 Å². The van der Waals surface area contributed by atoms with E-state index in [1.165, 1.54) is 0 Å². The molecule has 0 unspecified atom stereocenters. The fourth-order valence-corrected chi connectivity index (χ4v) is 3.19. The second kappa shape index (κ2) is 8.25. The number of hydrogen-bond acceptors (Lipinski definition) is 7. The van der Waals surface area contributed by atoms with Gasteiger partial charge in [0.15, 0.2) is 0 Å². The van der Waals surface area contributed by atoms with Crippen LogP contribution in [-0.2, 0) is 0 Å². The molecule has 0 atom stereocenters. The van der Waals surface area contributed by atoms with Crippen molar-refractivity contribution in [1.82, 2.24) is 14.9 Å². The van der Waals surface area contributed by atoms with E-state index in [0.717, 1.165) is 44.0 Å². The smallest absolute Gasteiger partial charge is 0.215 e. The van der Waals surface area contributed by atoms with Crippen molar-refractivity contribution in [1.29, 1.82) is 0 Å². The van der Waals surface area contributed by atoms with Crippen LogP contribution in [0, 0.1) is 6.92 Å². The maximum Gasteiger partial charge on any atom is 0.215 e. The minimum absolute atomic E-state index is 0.175. The van der Waals surface area contributed by atoms with E-state index < -0.39 is 0 Å². The second-order valence-electron chi connectivity index (χ2n) is 6.56. The second-order valence-corrected chi connectivity index (χ2v) is 6.56. The number of rotatable bonds is 5. The quantitative estimate of drug-likeness (QED) is 0.776. The van der Waals surface area contributed by atoms with Gasteiger partial charge in [0.2, 0.25) is 5.78 Å². The number of aliphatic hydroxyl groups excluding tert-OH is 1. The van der Waals surface area contributed by atoms with Crippen LogP contribution in [0.5, 0.6) is 0 Å². The van der Waals surface area contributed by atoms with Crippen molar-refractivity contribution >= 4 is 17.4 Å². The fraction of sp³-hybridized carbons (Fsp3) is 0.421. The lowest BCUT2D eigenvalue weighted by molar-refractivity contribution is 0.103. The molecule has 2 aromatic rings. The molecule has 0 aliphatic carbocycles. The van der Waals surface area contributed by atoms with Crippen LogP contribution in [0.1, 0.15) is 28.0 Å². The Labute approximate surface area is 153 Å². The molecule has 7 heteroatoms. The van der Waals surface area contributed by atoms with Gasteiger partial charge in [-0.3, -0.25) is 9.69 Å². The molecule has 1 aliphatic heterocycles. The average Bonchev–Trinajstić information content (AvgIpc) is 2.89. The van der Waals surface area contributed by atoms with Crippen molar-refractivity contribution < 1.29 is 9.90 Å². The van der Waals surface area contributed by atoms with Crippen molar-refractivity contribution in [3.8, 4) is 0 Å². The summed E-state index contributed by atoms with van der Waals surface area (Å²) in [5, 5.41) is 9.12. The number of nitrogens with two attached hydrogens (primary N) is 1. The lowest BCUT2D eigenvalue weighted by Gasteiger charge is -2.22. The highest BCUT2D eigenvalue weighted by Gasteiger charge is 2.19. The lowest BCUT2D eigenvalue weighted by atomic mass is 10.1. The van der Waals surface area contributed by atoms with Crippen LogP contribution in [0.2, 0.25) is 0 Å². The summed E-state index contributed by atoms with van der Waals surface area (Å²) in [5.41, 5.74) is 7.52. The number of aliphatic hydroxyl groups is 1. The highest BCUT2D eigenvalue weighted by molar-refractivity contribution is 6.10. The van der Waals surface area contributed by atoms with Crippen molar-refractivity contribution in [2.24, 2.45) is 0 Å². The number of carbonyl (C=O) groups is 1. The summed E-state index contributed by atoms with van der Waals surface area (Å²) in [7, 11) is 0. The Bertz CT molecular complexity index is 780. The van der Waals surface area contributed by atoms with Crippen LogP contribution < -0.4 is 10.6 Å². The number of ketones is 1. The summed E-state index contributed by atoms with van der Waals surface area (Å²) in [4.78, 5) is 25.9. The van der Waals surface area contributed by atoms with Crippen LogP contribution in [0.25, 0.3) is 0 Å². The first kappa shape index (κ1) is 18.3. The first-order valence-corrected chi connectivity index (χ1v) is 8.90. The molecule has 0 aromatic carbocycles. The van der Waals surface area contributed by atoms with Crippen LogP contribution in [-0.4, -0.2) is 65.1 Å². The predicted octanol–water partition coefficient (Wildman–Crippen LogP) is 1.10. The van der Waals surface area contributed by atoms with Gasteiger partial charge in [-0.1, -0.05) is 6.07 Å². The van der Waals surface area contributed by atoms with Gasteiger partial charge in [0, 0.05) is 32.4 Å². The zero-order valence-electron chi connectivity index (χ0n) is 15.1. The van der Waals surface area contributed by atoms with Crippen LogP contribution in [0.3, 0.4) is 0 Å². The van der Waals surface area contributed by atoms with E-state index in [1.807, 2.05) is 19.1 Å². The Morgan fingerprint density at radius 1 is 1.27 bits per heavy atom. The molecule has 1 aliphatic rings. The minimum Gasteiger partial charge on any atom is -0.395 e. The molecule has 3 rings (SSSR count). The molecule has 0 amide bonds. The van der Waals surface area contributed by atoms with Gasteiger partial charge in [0.1, 0.15) is 17.3 Å². The molecule has 0 saturated carbocycles. The van der Waals surface area contributed by atoms with Gasteiger partial charge in [0.25, 0.3) is 0 Å². The zero-order valence-corrected chi connectivity index (χ0v) is 15.1. The third kappa shape index (κ3) is 4.17. The fourth-order valence-electron chi connectivity index (χ4n) is 3.19. The number of pyridine rings is 2. The van der Waals surface area contributed by atoms with Crippen molar-refractivity contribution in [2.45, 2.75) is 13.3 Å². The highest BCUT2D eigenvalue weighted by atomic mass is 16.3. The first-order valence-electron chi connectivity index (χ1n) is 8.90. The average molecular weight is 355 g/mol. The van der Waals surface area contributed by atoms with E-state index >= 15 is 0 Å². The Balaban J connectivity index is 1.80. The van der Waals surface area contributed by atoms with Gasteiger partial charge in [-0.25, -0.2) is 9.97 Å². The Kier molecular flexibility index (Phi) is 5.80. The molecule has 3 N–H and O–H groups in total. The van der Waals surface area contributed by atoms with Crippen molar-refractivity contribution in [3.63, 3.8) is 0 Å². The van der Waals surface area contributed by atoms with Gasteiger partial charge in [-0.05, 0) is 43.7 Å². The first-order chi connectivity index (χ1) is 12.6. The van der Waals surface area contributed by atoms with Gasteiger partial charge in [-0.2, -0.15) is 0 Å². The molecule has 7 nitrogen and oxygen atoms in total. The number of anilines is 2. The van der Waals surface area contributed by atoms with E-state index in [1.54, 1.807) is 18.3 Å². The SMILES string of the molecule is Cc1cnc(N)c(C(=O)c2cccc(N3CCCN(CCO)CC3)n2)c1. The van der Waals surface area contributed by atoms with E-state index in [2.05, 4.69) is 19.8 Å². The lowest BCUT2D eigenvalue weighted by Crippen LogP contribution is -2.32. The monoisotopic (exact) mass is 355 g/mol. The Hall–Kier alpha value is -2.51. The molecule has 1 saturated heterocycles. The Morgan fingerprint density at radius 2 is 2.12 bits per heavy atom. The molecule has 138 valence electrons. The van der Waals surface area contributed by atoms with Crippen molar-refractivity contribution in [3.05, 3.63) is 47.3 Å². The molecule has 26 heavy (non-hydrogen) atoms. The maximum atomic E-state index is 12.8. The summed E-state index contributed by atoms with van der Waals surface area (Å²) >= 11 is 0. The zero-order chi connectivity index (χ0) is 18.5. The van der Waals surface area contributed by atoms with E-state index in [-0.39, 0.29) is 18.2 Å². The Morgan fingerprint density at radius 3 is 2.92 bits per heavy atom. The molecule has 0 radical (unpaired) electrons. The number of aromatic nitrogens is 2. The van der Waals surface area contributed by atoms with Crippen LogP contribution in [0.15, 0.2) is 30.5 Å². The normalized spacial score (nSPS) is 15.7. The summed E-state index contributed by atoms with van der Waals surface area (Å²) < 4.78 is 0. The van der Waals surface area contributed by atoms with Crippen LogP contribution >= 0.6 is 0 Å². The van der Waals surface area contributed by atoms with Gasteiger partial charge in [-0.15, -0.1) is 0 Å². The van der Waals surface area contributed by atoms with Crippen LogP contribution in [0.4, 0.5) is 11.6 Å². The topological polar surface area (TPSA) is 95.6 Å². The van der Waals surface area contributed by atoms with Gasteiger partial charge >= 0.3 is 0 Å². The molecule has 0 bridgehead atoms. The predicted molar refractivity (Wildman–Crippen MR) is 101 cm³/mol. The highest BCUT2D eigenvalue weighted by Crippen LogP contribution is 2.19. The minimum atomic E-state index is -0.211. The van der Waals surface area contributed by atoms with Crippen molar-refractivity contribution in [2.75, 3.05) is 50.0 Å². The summed E-state index contributed by atoms with van der Waals surface area (Å²) in [6.07, 6.45) is 2.64. The summed E-state index contributed by atoms with van der Waals surface area (Å²) in [6.45, 7) is 6.27. The molecule has 2 aromatic heterocycles.